The molecule has 0 bridgehead atoms. The Labute approximate surface area is 254 Å². The van der Waals surface area contributed by atoms with Crippen molar-refractivity contribution in [3.8, 4) is 29.6 Å². The fourth-order valence-corrected chi connectivity index (χ4v) is 7.31. The average Bonchev–Trinajstić information content (AvgIpc) is 3.39. The summed E-state index contributed by atoms with van der Waals surface area (Å²) in [5.74, 6) is 0.653. The molecule has 2 saturated heterocycles. The van der Waals surface area contributed by atoms with Crippen LogP contribution in [-0.4, -0.2) is 70.0 Å². The van der Waals surface area contributed by atoms with Crippen LogP contribution in [0.15, 0.2) is 48.7 Å². The van der Waals surface area contributed by atoms with Crippen molar-refractivity contribution in [1.29, 1.82) is 0 Å². The van der Waals surface area contributed by atoms with Crippen LogP contribution in [-0.2, 0) is 0 Å². The van der Waals surface area contributed by atoms with Gasteiger partial charge in [0, 0.05) is 42.6 Å². The highest BCUT2D eigenvalue weighted by atomic mass is 19.1. The second-order valence-electron chi connectivity index (χ2n) is 12.0. The molecule has 3 fully saturated rings. The van der Waals surface area contributed by atoms with Crippen molar-refractivity contribution in [3.63, 3.8) is 0 Å². The summed E-state index contributed by atoms with van der Waals surface area (Å²) in [7, 11) is 0. The molecule has 44 heavy (non-hydrogen) atoms. The zero-order valence-corrected chi connectivity index (χ0v) is 23.6. The lowest BCUT2D eigenvalue weighted by molar-refractivity contribution is 0.107. The molecule has 8 rings (SSSR count). The molecule has 3 aliphatic heterocycles. The summed E-state index contributed by atoms with van der Waals surface area (Å²) in [5, 5.41) is 1.07. The molecule has 2 aromatic carbocycles. The molecule has 2 aromatic heterocycles. The van der Waals surface area contributed by atoms with Crippen LogP contribution in [0.1, 0.15) is 34.0 Å². The Kier molecular flexibility index (Phi) is 5.81. The van der Waals surface area contributed by atoms with Crippen LogP contribution in [0.3, 0.4) is 0 Å². The predicted molar refractivity (Wildman–Crippen MR) is 160 cm³/mol. The predicted octanol–water partition coefficient (Wildman–Crippen LogP) is 6.16. The number of nitrogens with zero attached hydrogens (tertiary/aromatic N) is 5. The molecule has 0 N–H and O–H groups in total. The van der Waals surface area contributed by atoms with Crippen molar-refractivity contribution < 1.29 is 25.0 Å². The molecule has 4 aromatic rings. The second kappa shape index (κ2) is 10.2. The van der Waals surface area contributed by atoms with E-state index >= 15 is 4.39 Å². The molecule has 1 aliphatic carbocycles. The lowest BCUT2D eigenvalue weighted by atomic mass is 9.95. The molecular formula is C34H29F4N5O. The molecule has 6 nitrogen and oxygen atoms in total. The second-order valence-corrected chi connectivity index (χ2v) is 12.0. The Morgan fingerprint density at radius 1 is 1.16 bits per heavy atom. The van der Waals surface area contributed by atoms with E-state index < -0.39 is 48.1 Å². The van der Waals surface area contributed by atoms with Gasteiger partial charge >= 0.3 is 6.01 Å². The first kappa shape index (κ1) is 25.1. The van der Waals surface area contributed by atoms with E-state index in [0.29, 0.717) is 43.1 Å². The Balaban J connectivity index is 1.31. The minimum absolute atomic E-state index is 0.0380. The van der Waals surface area contributed by atoms with Crippen molar-refractivity contribution in [2.24, 2.45) is 5.92 Å². The number of hydrogen-bond acceptors (Lipinski definition) is 6. The Hall–Kier alpha value is -4.23. The molecule has 4 aliphatic rings. The zero-order valence-electron chi connectivity index (χ0n) is 25.6. The third-order valence-electron chi connectivity index (χ3n) is 9.45. The molecule has 224 valence electrons. The first-order valence-corrected chi connectivity index (χ1v) is 14.8. The van der Waals surface area contributed by atoms with E-state index in [-0.39, 0.29) is 52.4 Å². The topological polar surface area (TPSA) is 54.4 Å². The van der Waals surface area contributed by atoms with Crippen LogP contribution in [0.2, 0.25) is 0 Å². The fourth-order valence-electron chi connectivity index (χ4n) is 7.31. The SMILES string of the molecule is [2H]C([2H])(Oc1nc(N2CCC=C[C@H]3[C@H](F)[C@H]32)c2cnc(-c3cccc4ccc(F)c(C#C)c34)c(F)c2n1)[C@@]12CCCN1C[C@H](F)C2. The quantitative estimate of drug-likeness (QED) is 0.155. The highest BCUT2D eigenvalue weighted by Crippen LogP contribution is 2.46. The van der Waals surface area contributed by atoms with Crippen LogP contribution < -0.4 is 9.64 Å². The van der Waals surface area contributed by atoms with Gasteiger partial charge in [-0.3, -0.25) is 9.88 Å². The summed E-state index contributed by atoms with van der Waals surface area (Å²) in [6, 6.07) is 6.80. The Morgan fingerprint density at radius 3 is 2.91 bits per heavy atom. The molecule has 5 heterocycles. The van der Waals surface area contributed by atoms with E-state index in [1.165, 1.54) is 12.3 Å². The number of ether oxygens (including phenoxy) is 1. The first-order chi connectivity index (χ1) is 22.1. The van der Waals surface area contributed by atoms with Crippen LogP contribution in [0.4, 0.5) is 23.4 Å². The molecule has 10 heteroatoms. The maximum atomic E-state index is 16.8. The maximum absolute atomic E-state index is 16.8. The van der Waals surface area contributed by atoms with E-state index in [0.717, 1.165) is 0 Å². The Morgan fingerprint density at radius 2 is 2.05 bits per heavy atom. The van der Waals surface area contributed by atoms with Crippen molar-refractivity contribution >= 4 is 27.5 Å². The lowest BCUT2D eigenvalue weighted by Gasteiger charge is -2.31. The smallest absolute Gasteiger partial charge is 0.319 e. The summed E-state index contributed by atoms with van der Waals surface area (Å²) < 4.78 is 85.1. The van der Waals surface area contributed by atoms with Gasteiger partial charge in [0.25, 0.3) is 0 Å². The number of terminal acetylenes is 1. The van der Waals surface area contributed by atoms with Gasteiger partial charge in [0.15, 0.2) is 5.82 Å². The minimum atomic E-state index is -2.43. The highest BCUT2D eigenvalue weighted by Gasteiger charge is 2.54. The van der Waals surface area contributed by atoms with Gasteiger partial charge in [-0.1, -0.05) is 42.3 Å². The van der Waals surface area contributed by atoms with Crippen molar-refractivity contribution in [3.05, 3.63) is 65.9 Å². The largest absolute Gasteiger partial charge is 0.461 e. The summed E-state index contributed by atoms with van der Waals surface area (Å²) in [5.41, 5.74) is -1.40. The number of benzene rings is 2. The summed E-state index contributed by atoms with van der Waals surface area (Å²) in [6.07, 6.45) is 10.0. The van der Waals surface area contributed by atoms with Crippen LogP contribution in [0.25, 0.3) is 32.9 Å². The third kappa shape index (κ3) is 4.16. The normalized spacial score (nSPS) is 28.8. The van der Waals surface area contributed by atoms with E-state index in [4.69, 9.17) is 13.9 Å². The zero-order chi connectivity index (χ0) is 32.0. The molecule has 5 atom stereocenters. The van der Waals surface area contributed by atoms with Gasteiger partial charge in [-0.2, -0.15) is 9.97 Å². The molecular weight excluding hydrogens is 570 g/mol. The summed E-state index contributed by atoms with van der Waals surface area (Å²) in [4.78, 5) is 16.9. The third-order valence-corrected chi connectivity index (χ3v) is 9.45. The Bertz CT molecular complexity index is 1990. The van der Waals surface area contributed by atoms with Crippen molar-refractivity contribution in [2.45, 2.75) is 49.6 Å². The van der Waals surface area contributed by atoms with E-state index in [1.807, 2.05) is 12.2 Å². The van der Waals surface area contributed by atoms with Crippen molar-refractivity contribution in [2.75, 3.05) is 31.1 Å². The molecule has 0 amide bonds. The first-order valence-electron chi connectivity index (χ1n) is 15.8. The van der Waals surface area contributed by atoms with Gasteiger partial charge in [0.2, 0.25) is 0 Å². The number of halogens is 4. The molecule has 0 unspecified atom stereocenters. The maximum Gasteiger partial charge on any atom is 0.319 e. The van der Waals surface area contributed by atoms with Crippen molar-refractivity contribution in [1.82, 2.24) is 19.9 Å². The summed E-state index contributed by atoms with van der Waals surface area (Å²) >= 11 is 0. The monoisotopic (exact) mass is 601 g/mol. The van der Waals surface area contributed by atoms with Gasteiger partial charge < -0.3 is 9.64 Å². The van der Waals surface area contributed by atoms with Gasteiger partial charge in [0.1, 0.15) is 41.7 Å². The lowest BCUT2D eigenvalue weighted by Crippen LogP contribution is -2.43. The fraction of sp³-hybridized carbons (Fsp3) is 0.382. The number of anilines is 1. The van der Waals surface area contributed by atoms with Crippen LogP contribution in [0.5, 0.6) is 6.01 Å². The van der Waals surface area contributed by atoms with Gasteiger partial charge in [-0.05, 0) is 37.3 Å². The highest BCUT2D eigenvalue weighted by molar-refractivity contribution is 6.02. The van der Waals surface area contributed by atoms with Gasteiger partial charge in [-0.25, -0.2) is 17.6 Å². The number of hydrogen-bond donors (Lipinski definition) is 0. The number of fused-ring (bicyclic) bond motifs is 4. The molecule has 0 radical (unpaired) electrons. The van der Waals surface area contributed by atoms with Gasteiger partial charge in [0.05, 0.1) is 25.3 Å². The number of alkyl halides is 2. The molecule has 0 spiro atoms. The standard InChI is InChI=1S/C34H29F4N5O/c1-2-21-25(36)11-10-19-7-5-9-22(26(19)21)29-28(38)30-24(16-39-29)32(43-14-4-3-8-23-27(37)31(23)43)41-33(40-30)44-18-34-12-6-13-42(34)17-20(35)15-34/h1,3,5,7-11,16,20,23,27,31H,4,6,12-15,17-18H2/t20-,23+,27+,31+,34+/m1/s1/i18D2. The van der Waals surface area contributed by atoms with E-state index in [1.54, 1.807) is 34.1 Å². The van der Waals surface area contributed by atoms with Crippen LogP contribution >= 0.6 is 0 Å². The van der Waals surface area contributed by atoms with Crippen LogP contribution in [0, 0.1) is 29.9 Å². The minimum Gasteiger partial charge on any atom is -0.461 e. The van der Waals surface area contributed by atoms with E-state index in [2.05, 4.69) is 20.9 Å². The average molecular weight is 602 g/mol. The number of pyridine rings is 1. The molecule has 1 saturated carbocycles. The van der Waals surface area contributed by atoms with Gasteiger partial charge in [-0.15, -0.1) is 6.42 Å². The van der Waals surface area contributed by atoms with E-state index in [9.17, 15) is 13.2 Å². The number of rotatable bonds is 5. The summed E-state index contributed by atoms with van der Waals surface area (Å²) in [6.45, 7) is -1.43. The number of aromatic nitrogens is 3.